The van der Waals surface area contributed by atoms with Gasteiger partial charge in [0.05, 0.1) is 17.0 Å². The zero-order chi connectivity index (χ0) is 12.5. The zero-order valence-corrected chi connectivity index (χ0v) is 9.83. The maximum atomic E-state index is 5.32. The highest BCUT2D eigenvalue weighted by Crippen LogP contribution is 2.29. The van der Waals surface area contributed by atoms with Gasteiger partial charge in [-0.2, -0.15) is 5.10 Å². The molecule has 0 N–H and O–H groups in total. The van der Waals surface area contributed by atoms with Crippen LogP contribution in [0.25, 0.3) is 16.9 Å². The van der Waals surface area contributed by atoms with Crippen LogP contribution in [0, 0.1) is 19.3 Å². The molecular formula is C14H10N4. The Balaban J connectivity index is 0.000000137. The average molecular weight is 234 g/mol. The van der Waals surface area contributed by atoms with Gasteiger partial charge in [-0.25, -0.2) is 9.50 Å². The Labute approximate surface area is 104 Å². The molecule has 4 heteroatoms. The lowest BCUT2D eigenvalue weighted by Gasteiger charge is -1.88. The average Bonchev–Trinajstić information content (AvgIpc) is 2.85. The summed E-state index contributed by atoms with van der Waals surface area (Å²) < 4.78 is 1.69. The standard InChI is InChI=1S/C9H7N3.C5H3N/c1-3-8-7(2)11-12-6-4-5-10-9(8)12;1-2-6-5-3-4(1)5/h1,4-6H,2H3;1-3H. The molecule has 1 aliphatic carbocycles. The van der Waals surface area contributed by atoms with Gasteiger partial charge in [-0.05, 0) is 25.1 Å². The van der Waals surface area contributed by atoms with Crippen molar-refractivity contribution in [3.63, 3.8) is 0 Å². The van der Waals surface area contributed by atoms with Gasteiger partial charge < -0.3 is 0 Å². The second kappa shape index (κ2) is 3.97. The number of rotatable bonds is 0. The van der Waals surface area contributed by atoms with Gasteiger partial charge in [0.15, 0.2) is 5.65 Å². The number of aromatic nitrogens is 4. The van der Waals surface area contributed by atoms with Crippen molar-refractivity contribution in [2.75, 3.05) is 0 Å². The fourth-order valence-corrected chi connectivity index (χ4v) is 1.72. The first kappa shape index (κ1) is 10.5. The minimum absolute atomic E-state index is 0.748. The third-order valence-corrected chi connectivity index (χ3v) is 2.69. The lowest BCUT2D eigenvalue weighted by Crippen LogP contribution is -1.87. The van der Waals surface area contributed by atoms with Crippen LogP contribution in [0.15, 0.2) is 36.8 Å². The van der Waals surface area contributed by atoms with E-state index in [1.807, 2.05) is 31.5 Å². The molecule has 0 amide bonds. The van der Waals surface area contributed by atoms with E-state index in [1.165, 1.54) is 11.3 Å². The summed E-state index contributed by atoms with van der Waals surface area (Å²) >= 11 is 0. The number of pyridine rings is 1. The number of terminal acetylenes is 1. The van der Waals surface area contributed by atoms with E-state index in [0.29, 0.717) is 0 Å². The van der Waals surface area contributed by atoms with Crippen molar-refractivity contribution in [1.29, 1.82) is 0 Å². The van der Waals surface area contributed by atoms with Crippen LogP contribution in [0.5, 0.6) is 0 Å². The Bertz CT molecular complexity index is 748. The topological polar surface area (TPSA) is 43.1 Å². The van der Waals surface area contributed by atoms with Crippen molar-refractivity contribution in [3.8, 4) is 23.6 Å². The summed E-state index contributed by atoms with van der Waals surface area (Å²) in [6.45, 7) is 1.88. The van der Waals surface area contributed by atoms with Gasteiger partial charge in [0.1, 0.15) is 0 Å². The van der Waals surface area contributed by atoms with Crippen LogP contribution in [0.3, 0.4) is 0 Å². The molecule has 0 fully saturated rings. The number of hydrogen-bond acceptors (Lipinski definition) is 3. The molecule has 0 radical (unpaired) electrons. The highest BCUT2D eigenvalue weighted by molar-refractivity contribution is 5.75. The minimum atomic E-state index is 0.748. The van der Waals surface area contributed by atoms with E-state index >= 15 is 0 Å². The molecule has 0 aromatic carbocycles. The normalized spacial score (nSPS) is 10.4. The number of hydrogen-bond donors (Lipinski definition) is 0. The van der Waals surface area contributed by atoms with Gasteiger partial charge in [-0.3, -0.25) is 4.98 Å². The van der Waals surface area contributed by atoms with Crippen molar-refractivity contribution in [1.82, 2.24) is 19.6 Å². The van der Waals surface area contributed by atoms with Crippen LogP contribution in [0.4, 0.5) is 0 Å². The Kier molecular flexibility index (Phi) is 2.31. The lowest BCUT2D eigenvalue weighted by atomic mass is 10.3. The molecule has 4 nitrogen and oxygen atoms in total. The summed E-state index contributed by atoms with van der Waals surface area (Å²) in [7, 11) is 0. The fraction of sp³-hybridized carbons (Fsp3) is 0.0714. The molecule has 86 valence electrons. The highest BCUT2D eigenvalue weighted by Gasteiger charge is 2.09. The summed E-state index contributed by atoms with van der Waals surface area (Å²) in [5.41, 5.74) is 4.86. The van der Waals surface area contributed by atoms with E-state index in [0.717, 1.165) is 16.9 Å². The van der Waals surface area contributed by atoms with Crippen molar-refractivity contribution in [2.24, 2.45) is 0 Å². The smallest absolute Gasteiger partial charge is 0.170 e. The van der Waals surface area contributed by atoms with Crippen LogP contribution < -0.4 is 0 Å². The molecule has 0 spiro atoms. The summed E-state index contributed by atoms with van der Waals surface area (Å²) in [4.78, 5) is 8.08. The molecule has 0 bridgehead atoms. The van der Waals surface area contributed by atoms with Gasteiger partial charge in [-0.15, -0.1) is 6.42 Å². The van der Waals surface area contributed by atoms with Crippen LogP contribution in [-0.4, -0.2) is 19.6 Å². The molecule has 18 heavy (non-hydrogen) atoms. The first-order chi connectivity index (χ1) is 8.79. The Morgan fingerprint density at radius 2 is 2.17 bits per heavy atom. The van der Waals surface area contributed by atoms with E-state index in [4.69, 9.17) is 6.42 Å². The van der Waals surface area contributed by atoms with Gasteiger partial charge in [0.25, 0.3) is 0 Å². The number of aryl methyl sites for hydroxylation is 1. The lowest BCUT2D eigenvalue weighted by molar-refractivity contribution is 0.917. The van der Waals surface area contributed by atoms with Crippen molar-refractivity contribution in [3.05, 3.63) is 48.0 Å². The van der Waals surface area contributed by atoms with Gasteiger partial charge >= 0.3 is 0 Å². The molecule has 4 rings (SSSR count). The number of nitrogens with zero attached hydrogens (tertiary/aromatic N) is 4. The number of fused-ring (bicyclic) bond motifs is 2. The molecule has 0 saturated heterocycles. The molecule has 0 unspecified atom stereocenters. The van der Waals surface area contributed by atoms with Crippen LogP contribution in [-0.2, 0) is 0 Å². The van der Waals surface area contributed by atoms with E-state index < -0.39 is 0 Å². The molecule has 2 aromatic heterocycles. The minimum Gasteiger partial charge on any atom is -0.256 e. The maximum Gasteiger partial charge on any atom is 0.170 e. The zero-order valence-electron chi connectivity index (χ0n) is 9.83. The second-order valence-corrected chi connectivity index (χ2v) is 3.92. The Morgan fingerprint density at radius 3 is 2.72 bits per heavy atom. The van der Waals surface area contributed by atoms with Crippen molar-refractivity contribution >= 4 is 5.65 Å². The first-order valence-electron chi connectivity index (χ1n) is 5.52. The predicted molar refractivity (Wildman–Crippen MR) is 68.9 cm³/mol. The SMILES string of the molecule is C#Cc1c(C)nn2cccnc12.c1cc2cc-2n1. The maximum absolute atomic E-state index is 5.32. The molecular weight excluding hydrogens is 224 g/mol. The largest absolute Gasteiger partial charge is 0.256 e. The highest BCUT2D eigenvalue weighted by atomic mass is 15.2. The van der Waals surface area contributed by atoms with E-state index in [2.05, 4.69) is 27.1 Å². The Morgan fingerprint density at radius 1 is 1.28 bits per heavy atom. The summed E-state index contributed by atoms with van der Waals surface area (Å²) in [6, 6.07) is 5.88. The quantitative estimate of drug-likeness (QED) is 0.437. The summed E-state index contributed by atoms with van der Waals surface area (Å²) in [6.07, 6.45) is 10.7. The van der Waals surface area contributed by atoms with Gasteiger partial charge in [0.2, 0.25) is 0 Å². The molecule has 2 aliphatic rings. The van der Waals surface area contributed by atoms with Crippen LogP contribution in [0.1, 0.15) is 11.3 Å². The van der Waals surface area contributed by atoms with Crippen molar-refractivity contribution < 1.29 is 0 Å². The van der Waals surface area contributed by atoms with E-state index in [-0.39, 0.29) is 0 Å². The summed E-state index contributed by atoms with van der Waals surface area (Å²) in [5.74, 6) is 2.57. The van der Waals surface area contributed by atoms with Gasteiger partial charge in [0, 0.05) is 24.2 Å². The van der Waals surface area contributed by atoms with Crippen LogP contribution in [0.2, 0.25) is 0 Å². The third kappa shape index (κ3) is 1.72. The molecule has 0 saturated carbocycles. The van der Waals surface area contributed by atoms with Crippen LogP contribution >= 0.6 is 0 Å². The van der Waals surface area contributed by atoms with E-state index in [9.17, 15) is 0 Å². The Hall–Kier alpha value is -2.67. The van der Waals surface area contributed by atoms with Crippen molar-refractivity contribution in [2.45, 2.75) is 6.92 Å². The molecule has 0 atom stereocenters. The first-order valence-corrected chi connectivity index (χ1v) is 5.52. The monoisotopic (exact) mass is 234 g/mol. The fourth-order valence-electron chi connectivity index (χ4n) is 1.72. The molecule has 2 aromatic rings. The summed E-state index contributed by atoms with van der Waals surface area (Å²) in [5, 5.41) is 4.20. The third-order valence-electron chi connectivity index (χ3n) is 2.69. The predicted octanol–water partition coefficient (Wildman–Crippen LogP) is 2.08. The second-order valence-electron chi connectivity index (χ2n) is 3.92. The molecule has 1 aliphatic heterocycles. The van der Waals surface area contributed by atoms with Gasteiger partial charge in [-0.1, -0.05) is 5.92 Å². The van der Waals surface area contributed by atoms with E-state index in [1.54, 1.807) is 10.7 Å². The molecule has 3 heterocycles.